The minimum atomic E-state index is -0.365. The zero-order chi connectivity index (χ0) is 13.1. The number of hydrogen-bond acceptors (Lipinski definition) is 5. The molecule has 0 saturated carbocycles. The van der Waals surface area contributed by atoms with Crippen molar-refractivity contribution in [3.63, 3.8) is 0 Å². The molecule has 0 atom stereocenters. The predicted octanol–water partition coefficient (Wildman–Crippen LogP) is 2.56. The molecule has 6 nitrogen and oxygen atoms in total. The SMILES string of the molecule is CCc1nn(C)cc1NCc1ccc([N+](=O)[O-])s1. The molecule has 0 aliphatic rings. The van der Waals surface area contributed by atoms with E-state index in [1.54, 1.807) is 10.7 Å². The molecule has 0 aromatic carbocycles. The van der Waals surface area contributed by atoms with E-state index in [1.807, 2.05) is 20.2 Å². The van der Waals surface area contributed by atoms with Gasteiger partial charge in [-0.15, -0.1) is 0 Å². The van der Waals surface area contributed by atoms with Gasteiger partial charge in [-0.05, 0) is 12.5 Å². The first-order valence-electron chi connectivity index (χ1n) is 5.59. The highest BCUT2D eigenvalue weighted by atomic mass is 32.1. The monoisotopic (exact) mass is 266 g/mol. The van der Waals surface area contributed by atoms with Crippen LogP contribution >= 0.6 is 11.3 Å². The first kappa shape index (κ1) is 12.6. The van der Waals surface area contributed by atoms with Crippen molar-refractivity contribution < 1.29 is 4.92 Å². The molecular weight excluding hydrogens is 252 g/mol. The van der Waals surface area contributed by atoms with Crippen LogP contribution in [0.2, 0.25) is 0 Å². The second-order valence-corrected chi connectivity index (χ2v) is 5.01. The lowest BCUT2D eigenvalue weighted by Crippen LogP contribution is -1.98. The zero-order valence-corrected chi connectivity index (χ0v) is 11.0. The summed E-state index contributed by atoms with van der Waals surface area (Å²) in [4.78, 5) is 11.1. The molecule has 0 amide bonds. The average Bonchev–Trinajstić information content (AvgIpc) is 2.92. The van der Waals surface area contributed by atoms with E-state index in [-0.39, 0.29) is 9.92 Å². The number of nitrogens with one attached hydrogen (secondary N) is 1. The van der Waals surface area contributed by atoms with Crippen molar-refractivity contribution in [2.75, 3.05) is 5.32 Å². The van der Waals surface area contributed by atoms with Crippen LogP contribution in [0.15, 0.2) is 18.3 Å². The summed E-state index contributed by atoms with van der Waals surface area (Å²) >= 11 is 1.19. The summed E-state index contributed by atoms with van der Waals surface area (Å²) in [7, 11) is 1.88. The second kappa shape index (κ2) is 5.18. The van der Waals surface area contributed by atoms with Crippen molar-refractivity contribution in [1.29, 1.82) is 0 Å². The number of hydrogen-bond donors (Lipinski definition) is 1. The van der Waals surface area contributed by atoms with E-state index in [0.29, 0.717) is 6.54 Å². The molecule has 0 spiro atoms. The fourth-order valence-electron chi connectivity index (χ4n) is 1.69. The van der Waals surface area contributed by atoms with E-state index < -0.39 is 0 Å². The van der Waals surface area contributed by atoms with Gasteiger partial charge in [0.15, 0.2) is 0 Å². The maximum absolute atomic E-state index is 10.6. The number of aromatic nitrogens is 2. The Morgan fingerprint density at radius 1 is 1.56 bits per heavy atom. The van der Waals surface area contributed by atoms with E-state index in [2.05, 4.69) is 10.4 Å². The molecule has 0 bridgehead atoms. The van der Waals surface area contributed by atoms with Gasteiger partial charge in [0.1, 0.15) is 0 Å². The van der Waals surface area contributed by atoms with Gasteiger partial charge in [0.25, 0.3) is 0 Å². The zero-order valence-electron chi connectivity index (χ0n) is 10.2. The van der Waals surface area contributed by atoms with Crippen molar-refractivity contribution in [2.24, 2.45) is 7.05 Å². The number of thiophene rings is 1. The van der Waals surface area contributed by atoms with Crippen molar-refractivity contribution >= 4 is 22.0 Å². The van der Waals surface area contributed by atoms with Crippen LogP contribution in [-0.4, -0.2) is 14.7 Å². The van der Waals surface area contributed by atoms with E-state index >= 15 is 0 Å². The Morgan fingerprint density at radius 2 is 2.33 bits per heavy atom. The number of rotatable bonds is 5. The standard InChI is InChI=1S/C11H14N4O2S/c1-3-9-10(7-14(2)13-9)12-6-8-4-5-11(18-8)15(16)17/h4-5,7,12H,3,6H2,1-2H3. The van der Waals surface area contributed by atoms with Gasteiger partial charge in [0, 0.05) is 30.7 Å². The predicted molar refractivity (Wildman–Crippen MR) is 70.9 cm³/mol. The van der Waals surface area contributed by atoms with Gasteiger partial charge < -0.3 is 5.32 Å². The van der Waals surface area contributed by atoms with Gasteiger partial charge in [-0.2, -0.15) is 5.10 Å². The lowest BCUT2D eigenvalue weighted by molar-refractivity contribution is -0.380. The van der Waals surface area contributed by atoms with Crippen molar-refractivity contribution in [3.05, 3.63) is 39.0 Å². The normalized spacial score (nSPS) is 10.6. The molecule has 0 aliphatic heterocycles. The van der Waals surface area contributed by atoms with Crippen LogP contribution in [0.1, 0.15) is 17.5 Å². The molecule has 96 valence electrons. The number of anilines is 1. The van der Waals surface area contributed by atoms with E-state index in [0.717, 1.165) is 22.7 Å². The van der Waals surface area contributed by atoms with Gasteiger partial charge >= 0.3 is 5.00 Å². The van der Waals surface area contributed by atoms with Gasteiger partial charge in [-0.3, -0.25) is 14.8 Å². The first-order valence-corrected chi connectivity index (χ1v) is 6.41. The fraction of sp³-hybridized carbons (Fsp3) is 0.364. The Bertz CT molecular complexity index is 561. The highest BCUT2D eigenvalue weighted by molar-refractivity contribution is 7.15. The Balaban J connectivity index is 2.04. The molecule has 0 fully saturated rings. The number of nitro groups is 1. The van der Waals surface area contributed by atoms with Crippen LogP contribution in [0.25, 0.3) is 0 Å². The summed E-state index contributed by atoms with van der Waals surface area (Å²) in [6, 6.07) is 3.31. The molecule has 0 aliphatic carbocycles. The molecular formula is C11H14N4O2S. The van der Waals surface area contributed by atoms with Crippen LogP contribution in [0.5, 0.6) is 0 Å². The quantitative estimate of drug-likeness (QED) is 0.666. The molecule has 0 radical (unpaired) electrons. The fourth-order valence-corrected chi connectivity index (χ4v) is 2.45. The topological polar surface area (TPSA) is 73.0 Å². The number of nitrogens with zero attached hydrogens (tertiary/aromatic N) is 3. The summed E-state index contributed by atoms with van der Waals surface area (Å²) in [5, 5.41) is 18.3. The third-order valence-electron chi connectivity index (χ3n) is 2.52. The first-order chi connectivity index (χ1) is 8.60. The van der Waals surface area contributed by atoms with Crippen molar-refractivity contribution in [1.82, 2.24) is 9.78 Å². The lowest BCUT2D eigenvalue weighted by Gasteiger charge is -2.02. The number of aryl methyl sites for hydroxylation is 2. The maximum Gasteiger partial charge on any atom is 0.324 e. The molecule has 18 heavy (non-hydrogen) atoms. The maximum atomic E-state index is 10.6. The van der Waals surface area contributed by atoms with Crippen LogP contribution < -0.4 is 5.32 Å². The van der Waals surface area contributed by atoms with Crippen molar-refractivity contribution in [3.8, 4) is 0 Å². The summed E-state index contributed by atoms with van der Waals surface area (Å²) in [5.41, 5.74) is 1.99. The highest BCUT2D eigenvalue weighted by Gasteiger charge is 2.10. The summed E-state index contributed by atoms with van der Waals surface area (Å²) in [5.74, 6) is 0. The third-order valence-corrected chi connectivity index (χ3v) is 3.56. The molecule has 2 aromatic heterocycles. The molecule has 2 aromatic rings. The van der Waals surface area contributed by atoms with Gasteiger partial charge in [0.2, 0.25) is 0 Å². The molecule has 2 heterocycles. The summed E-state index contributed by atoms with van der Waals surface area (Å²) in [6.45, 7) is 2.63. The largest absolute Gasteiger partial charge is 0.377 e. The minimum absolute atomic E-state index is 0.175. The average molecular weight is 266 g/mol. The second-order valence-electron chi connectivity index (χ2n) is 3.87. The molecule has 2 rings (SSSR count). The van der Waals surface area contributed by atoms with Gasteiger partial charge in [-0.1, -0.05) is 18.3 Å². The summed E-state index contributed by atoms with van der Waals surface area (Å²) in [6.07, 6.45) is 2.77. The van der Waals surface area contributed by atoms with Gasteiger partial charge in [0.05, 0.1) is 16.3 Å². The molecule has 0 saturated heterocycles. The van der Waals surface area contributed by atoms with Crippen LogP contribution in [0.3, 0.4) is 0 Å². The molecule has 7 heteroatoms. The Labute approximate surface area is 108 Å². The van der Waals surface area contributed by atoms with E-state index in [9.17, 15) is 10.1 Å². The Hall–Kier alpha value is -1.89. The van der Waals surface area contributed by atoms with Crippen LogP contribution in [0, 0.1) is 10.1 Å². The highest BCUT2D eigenvalue weighted by Crippen LogP contribution is 2.25. The van der Waals surface area contributed by atoms with Gasteiger partial charge in [-0.25, -0.2) is 0 Å². The molecule has 1 N–H and O–H groups in total. The minimum Gasteiger partial charge on any atom is -0.377 e. The van der Waals surface area contributed by atoms with Crippen molar-refractivity contribution in [2.45, 2.75) is 19.9 Å². The van der Waals surface area contributed by atoms with E-state index in [1.165, 1.54) is 17.4 Å². The Morgan fingerprint density at radius 3 is 2.94 bits per heavy atom. The third kappa shape index (κ3) is 2.67. The lowest BCUT2D eigenvalue weighted by atomic mass is 10.3. The Kier molecular flexibility index (Phi) is 3.61. The van der Waals surface area contributed by atoms with E-state index in [4.69, 9.17) is 0 Å². The summed E-state index contributed by atoms with van der Waals surface area (Å²) < 4.78 is 1.76. The molecule has 0 unspecified atom stereocenters. The van der Waals surface area contributed by atoms with Crippen LogP contribution in [-0.2, 0) is 20.0 Å². The smallest absolute Gasteiger partial charge is 0.324 e. The van der Waals surface area contributed by atoms with Crippen LogP contribution in [0.4, 0.5) is 10.7 Å².